The molecule has 4 atom stereocenters. The van der Waals surface area contributed by atoms with Gasteiger partial charge in [0.2, 0.25) is 0 Å². The molecule has 1 saturated heterocycles. The van der Waals surface area contributed by atoms with Gasteiger partial charge < -0.3 is 14.4 Å². The van der Waals surface area contributed by atoms with Gasteiger partial charge in [0.15, 0.2) is 0 Å². The van der Waals surface area contributed by atoms with E-state index < -0.39 is 11.1 Å². The average Bonchev–Trinajstić information content (AvgIpc) is 3.61. The lowest BCUT2D eigenvalue weighted by Crippen LogP contribution is -2.58. The van der Waals surface area contributed by atoms with Crippen LogP contribution in [-0.4, -0.2) is 53.4 Å². The van der Waals surface area contributed by atoms with Crippen molar-refractivity contribution in [3.8, 4) is 5.75 Å². The van der Waals surface area contributed by atoms with E-state index >= 15 is 0 Å². The lowest BCUT2D eigenvalue weighted by molar-refractivity contribution is -0.214. The summed E-state index contributed by atoms with van der Waals surface area (Å²) >= 11 is 0. The van der Waals surface area contributed by atoms with Crippen molar-refractivity contribution in [2.24, 2.45) is 17.8 Å². The Labute approximate surface area is 258 Å². The van der Waals surface area contributed by atoms with Gasteiger partial charge in [-0.25, -0.2) is 9.68 Å². The summed E-state index contributed by atoms with van der Waals surface area (Å²) in [7, 11) is 2.83. The number of benzene rings is 1. The maximum atomic E-state index is 14.8. The monoisotopic (exact) mass is 595 g/mol. The molecule has 2 aliphatic carbocycles. The van der Waals surface area contributed by atoms with Crippen LogP contribution in [0.5, 0.6) is 5.75 Å². The van der Waals surface area contributed by atoms with E-state index in [1.807, 2.05) is 43.9 Å². The smallest absolute Gasteiger partial charge is 0.332 e. The van der Waals surface area contributed by atoms with Crippen LogP contribution < -0.4 is 4.74 Å². The second-order valence-corrected chi connectivity index (χ2v) is 14.8. The maximum absolute atomic E-state index is 14.8. The van der Waals surface area contributed by atoms with Gasteiger partial charge in [-0.1, -0.05) is 77.0 Å². The summed E-state index contributed by atoms with van der Waals surface area (Å²) in [5.41, 5.74) is 3.63. The average molecular weight is 596 g/mol. The molecule has 0 radical (unpaired) electrons. The summed E-state index contributed by atoms with van der Waals surface area (Å²) in [5.74, 6) is 0.947. The third-order valence-corrected chi connectivity index (χ3v) is 8.45. The third-order valence-electron chi connectivity index (χ3n) is 8.45. The Morgan fingerprint density at radius 3 is 2.23 bits per heavy atom. The van der Waals surface area contributed by atoms with Gasteiger partial charge in [-0.2, -0.15) is 0 Å². The van der Waals surface area contributed by atoms with Crippen LogP contribution in [0.4, 0.5) is 0 Å². The number of fused-ring (bicyclic) bond motifs is 1. The summed E-state index contributed by atoms with van der Waals surface area (Å²) in [6.07, 6.45) is 8.65. The van der Waals surface area contributed by atoms with Gasteiger partial charge in [-0.3, -0.25) is 10.1 Å². The predicted octanol–water partition coefficient (Wildman–Crippen LogP) is 7.91. The van der Waals surface area contributed by atoms with E-state index in [1.54, 1.807) is 7.11 Å². The van der Waals surface area contributed by atoms with Crippen LogP contribution in [-0.2, 0) is 19.8 Å². The van der Waals surface area contributed by atoms with Crippen molar-refractivity contribution in [1.82, 2.24) is 4.90 Å². The molecule has 1 aromatic rings. The molecular weight excluding hydrogens is 542 g/mol. The van der Waals surface area contributed by atoms with Gasteiger partial charge in [0, 0.05) is 11.5 Å². The van der Waals surface area contributed by atoms with E-state index in [2.05, 4.69) is 71.6 Å². The van der Waals surface area contributed by atoms with E-state index in [-0.39, 0.29) is 35.2 Å². The molecule has 0 aromatic heterocycles. The number of allylic oxidation sites excluding steroid dienone is 5. The van der Waals surface area contributed by atoms with Crippen LogP contribution in [0, 0.1) is 17.8 Å². The van der Waals surface area contributed by atoms with Crippen molar-refractivity contribution >= 4 is 11.9 Å². The summed E-state index contributed by atoms with van der Waals surface area (Å²) in [6.45, 7) is 20.7. The van der Waals surface area contributed by atoms with Crippen LogP contribution in [0.3, 0.4) is 0 Å². The molecule has 1 heterocycles. The summed E-state index contributed by atoms with van der Waals surface area (Å²) in [5, 5.41) is 7.07. The highest BCUT2D eigenvalue weighted by Gasteiger charge is 2.59. The van der Waals surface area contributed by atoms with Crippen LogP contribution in [0.25, 0.3) is 0 Å². The van der Waals surface area contributed by atoms with Gasteiger partial charge in [-0.05, 0) is 87.5 Å². The fourth-order valence-electron chi connectivity index (χ4n) is 6.79. The van der Waals surface area contributed by atoms with Gasteiger partial charge in [0.1, 0.15) is 16.9 Å². The predicted molar refractivity (Wildman–Crippen MR) is 171 cm³/mol. The number of nitrogens with zero attached hydrogens (tertiary/aromatic N) is 1. The highest BCUT2D eigenvalue weighted by molar-refractivity contribution is 6.00. The minimum Gasteiger partial charge on any atom is -0.496 e. The molecule has 238 valence electrons. The van der Waals surface area contributed by atoms with Gasteiger partial charge in [-0.15, -0.1) is 0 Å². The van der Waals surface area contributed by atoms with Crippen LogP contribution >= 0.6 is 0 Å². The molecule has 1 N–H and O–H groups in total. The van der Waals surface area contributed by atoms with Crippen molar-refractivity contribution in [2.75, 3.05) is 14.2 Å². The third kappa shape index (κ3) is 7.61. The first-order valence-electron chi connectivity index (χ1n) is 15.4. The topological polar surface area (TPSA) is 85.3 Å². The molecule has 1 aromatic carbocycles. The minimum atomic E-state index is -1.07. The van der Waals surface area contributed by atoms with Crippen molar-refractivity contribution in [2.45, 2.75) is 111 Å². The van der Waals surface area contributed by atoms with Crippen molar-refractivity contribution < 1.29 is 29.2 Å². The highest BCUT2D eigenvalue weighted by atomic mass is 17.1. The molecule has 0 bridgehead atoms. The molecule has 4 rings (SSSR count). The molecule has 1 amide bonds. The number of esters is 1. The Balaban J connectivity index is 0.00000162. The lowest BCUT2D eigenvalue weighted by Gasteiger charge is -2.42. The molecule has 7 heteroatoms. The van der Waals surface area contributed by atoms with E-state index in [1.165, 1.54) is 23.8 Å². The number of hydrogen-bond acceptors (Lipinski definition) is 6. The minimum absolute atomic E-state index is 0.0850. The van der Waals surface area contributed by atoms with Crippen LogP contribution in [0.1, 0.15) is 104 Å². The van der Waals surface area contributed by atoms with Crippen LogP contribution in [0.2, 0.25) is 0 Å². The second kappa shape index (κ2) is 13.0. The Kier molecular flexibility index (Phi) is 10.4. The van der Waals surface area contributed by atoms with E-state index in [9.17, 15) is 9.59 Å². The molecular formula is C36H53NO6. The first kappa shape index (κ1) is 34.6. The molecule has 0 spiro atoms. The van der Waals surface area contributed by atoms with E-state index in [0.717, 1.165) is 12.0 Å². The molecule has 43 heavy (non-hydrogen) atoms. The van der Waals surface area contributed by atoms with Crippen LogP contribution in [0.15, 0.2) is 53.1 Å². The maximum Gasteiger partial charge on any atom is 0.332 e. The fourth-order valence-corrected chi connectivity index (χ4v) is 6.79. The first-order valence-corrected chi connectivity index (χ1v) is 15.4. The number of likely N-dealkylation sites (tertiary alicyclic amines) is 1. The number of rotatable bonds is 6. The zero-order chi connectivity index (χ0) is 32.5. The number of carbonyl (C=O) groups excluding carboxylic acids is 2. The molecule has 7 nitrogen and oxygen atoms in total. The number of carbonyl (C=O) groups is 2. The normalized spacial score (nSPS) is 25.0. The Bertz CT molecular complexity index is 1290. The Morgan fingerprint density at radius 1 is 1.07 bits per heavy atom. The zero-order valence-corrected chi connectivity index (χ0v) is 28.3. The standard InChI is InChI=1S/C35H49NO4.CH4O2/c1-21(2)19-35(32(38)40-34(8,9)10)20-23(4)30(24-13-12-22(3)27-17-26(27)16-24)36(35)31(37)25-14-15-28(33(5,6)7)29(18-25)39-11;1-3-2/h12-15,17-18,21,23,27,30H,16,19-20H2,1-11H3;2H,1H3/t23-,27?,30+,35-;/m0./s1. The number of hydrogen-bond donors (Lipinski definition) is 1. The lowest BCUT2D eigenvalue weighted by atomic mass is 9.83. The largest absolute Gasteiger partial charge is 0.496 e. The number of ether oxygens (including phenoxy) is 2. The highest BCUT2D eigenvalue weighted by Crippen LogP contribution is 2.50. The summed E-state index contributed by atoms with van der Waals surface area (Å²) < 4.78 is 11.9. The summed E-state index contributed by atoms with van der Waals surface area (Å²) in [4.78, 5) is 34.2. The molecule has 0 saturated carbocycles. The number of methoxy groups -OCH3 is 1. The van der Waals surface area contributed by atoms with Gasteiger partial charge in [0.05, 0.1) is 20.3 Å². The van der Waals surface area contributed by atoms with Crippen molar-refractivity contribution in [1.29, 1.82) is 0 Å². The first-order chi connectivity index (χ1) is 19.9. The quantitative estimate of drug-likeness (QED) is 0.156. The number of amides is 1. The van der Waals surface area contributed by atoms with Gasteiger partial charge >= 0.3 is 5.97 Å². The molecule has 3 aliphatic rings. The second-order valence-electron chi connectivity index (χ2n) is 14.8. The zero-order valence-electron chi connectivity index (χ0n) is 28.3. The molecule has 1 unspecified atom stereocenters. The van der Waals surface area contributed by atoms with E-state index in [4.69, 9.17) is 14.7 Å². The van der Waals surface area contributed by atoms with Crippen molar-refractivity contribution in [3.63, 3.8) is 0 Å². The van der Waals surface area contributed by atoms with E-state index in [0.29, 0.717) is 30.1 Å². The van der Waals surface area contributed by atoms with Crippen molar-refractivity contribution in [3.05, 3.63) is 64.3 Å². The Hall–Kier alpha value is -2.90. The fraction of sp³-hybridized carbons (Fsp3) is 0.611. The molecule has 1 aliphatic heterocycles. The van der Waals surface area contributed by atoms with Gasteiger partial charge in [0.25, 0.3) is 5.91 Å². The summed E-state index contributed by atoms with van der Waals surface area (Å²) in [6, 6.07) is 5.53. The Morgan fingerprint density at radius 2 is 1.70 bits per heavy atom. The molecule has 1 fully saturated rings. The SMILES string of the molecule is COO.COc1cc(C(=O)N2[C@@H](C3=CC=C(C)C4C=C4C3)[C@@H](C)C[C@@]2(CC(C)C)C(=O)OC(C)(C)C)ccc1C(C)(C)C.